The molecule has 2 heteroatoms. The van der Waals surface area contributed by atoms with Crippen molar-refractivity contribution in [3.8, 4) is 0 Å². The van der Waals surface area contributed by atoms with Crippen LogP contribution in [0.2, 0.25) is 0 Å². The van der Waals surface area contributed by atoms with E-state index in [-0.39, 0.29) is 16.2 Å². The number of hydrogen-bond donors (Lipinski definition) is 1. The maximum Gasteiger partial charge on any atom is 0.328 e. The van der Waals surface area contributed by atoms with Crippen LogP contribution in [0.15, 0.2) is 48.1 Å². The first-order valence-corrected chi connectivity index (χ1v) is 11.4. The Morgan fingerprint density at radius 1 is 1.27 bits per heavy atom. The Balaban J connectivity index is 2.00. The lowest BCUT2D eigenvalue weighted by molar-refractivity contribution is -0.131. The average molecular weight is 407 g/mol. The van der Waals surface area contributed by atoms with Crippen LogP contribution in [-0.2, 0) is 15.6 Å². The zero-order valence-corrected chi connectivity index (χ0v) is 19.8. The molecule has 2 aliphatic carbocycles. The molecule has 0 spiro atoms. The predicted molar refractivity (Wildman–Crippen MR) is 127 cm³/mol. The van der Waals surface area contributed by atoms with Crippen LogP contribution < -0.4 is 0 Å². The molecule has 1 saturated carbocycles. The molecule has 0 saturated heterocycles. The summed E-state index contributed by atoms with van der Waals surface area (Å²) in [5, 5.41) is 8.96. The fourth-order valence-corrected chi connectivity index (χ4v) is 5.26. The topological polar surface area (TPSA) is 37.3 Å². The molecular formula is C28H38O2. The van der Waals surface area contributed by atoms with E-state index in [1.165, 1.54) is 34.8 Å². The van der Waals surface area contributed by atoms with E-state index in [1.54, 1.807) is 0 Å². The summed E-state index contributed by atoms with van der Waals surface area (Å²) in [5.74, 6) is -0.405. The van der Waals surface area contributed by atoms with Gasteiger partial charge in [0.05, 0.1) is 0 Å². The Bertz CT molecular complexity index is 920. The van der Waals surface area contributed by atoms with E-state index in [1.807, 2.05) is 13.0 Å². The van der Waals surface area contributed by atoms with E-state index in [2.05, 4.69) is 71.9 Å². The van der Waals surface area contributed by atoms with Gasteiger partial charge in [0.1, 0.15) is 0 Å². The van der Waals surface area contributed by atoms with Crippen LogP contribution >= 0.6 is 0 Å². The van der Waals surface area contributed by atoms with Crippen molar-refractivity contribution in [2.24, 2.45) is 11.3 Å². The summed E-state index contributed by atoms with van der Waals surface area (Å²) in [6.45, 7) is 15.8. The van der Waals surface area contributed by atoms with Crippen LogP contribution in [-0.4, -0.2) is 11.1 Å². The second-order valence-electron chi connectivity index (χ2n) is 11.0. The van der Waals surface area contributed by atoms with Crippen molar-refractivity contribution < 1.29 is 9.90 Å². The van der Waals surface area contributed by atoms with Gasteiger partial charge >= 0.3 is 5.97 Å². The molecule has 1 N–H and O–H groups in total. The molecule has 0 aromatic heterocycles. The van der Waals surface area contributed by atoms with Crippen molar-refractivity contribution >= 4 is 11.5 Å². The van der Waals surface area contributed by atoms with Crippen LogP contribution in [0.25, 0.3) is 5.57 Å². The van der Waals surface area contributed by atoms with E-state index in [0.717, 1.165) is 24.8 Å². The number of rotatable bonds is 6. The first-order chi connectivity index (χ1) is 13.9. The van der Waals surface area contributed by atoms with Crippen LogP contribution in [0.3, 0.4) is 0 Å². The van der Waals surface area contributed by atoms with Crippen LogP contribution in [0.5, 0.6) is 0 Å². The maximum atomic E-state index is 10.9. The zero-order chi connectivity index (χ0) is 22.3. The van der Waals surface area contributed by atoms with Crippen molar-refractivity contribution in [2.45, 2.75) is 85.0 Å². The highest BCUT2D eigenvalue weighted by Gasteiger charge is 2.53. The molecule has 162 valence electrons. The van der Waals surface area contributed by atoms with Crippen LogP contribution in [0.1, 0.15) is 90.8 Å². The molecule has 2 nitrogen and oxygen atoms in total. The summed E-state index contributed by atoms with van der Waals surface area (Å²) in [5.41, 5.74) is 7.11. The van der Waals surface area contributed by atoms with Gasteiger partial charge in [-0.1, -0.05) is 84.4 Å². The molecule has 0 heterocycles. The minimum Gasteiger partial charge on any atom is -0.478 e. The van der Waals surface area contributed by atoms with Crippen molar-refractivity contribution in [3.63, 3.8) is 0 Å². The van der Waals surface area contributed by atoms with Crippen molar-refractivity contribution in [2.75, 3.05) is 0 Å². The molecule has 2 aliphatic rings. The van der Waals surface area contributed by atoms with Gasteiger partial charge in [0.25, 0.3) is 0 Å². The molecule has 30 heavy (non-hydrogen) atoms. The molecule has 1 aromatic carbocycles. The highest BCUT2D eigenvalue weighted by Crippen LogP contribution is 2.59. The van der Waals surface area contributed by atoms with Crippen molar-refractivity contribution in [1.82, 2.24) is 0 Å². The lowest BCUT2D eigenvalue weighted by Gasteiger charge is -2.37. The Kier molecular flexibility index (Phi) is 5.93. The Labute approximate surface area is 182 Å². The van der Waals surface area contributed by atoms with Gasteiger partial charge in [0.15, 0.2) is 0 Å². The van der Waals surface area contributed by atoms with Gasteiger partial charge in [-0.2, -0.15) is 0 Å². The van der Waals surface area contributed by atoms with Gasteiger partial charge in [-0.15, -0.1) is 0 Å². The SMILES string of the molecule is CCCC1(c2ccc3c(c2)C(C(C)(C)C)=CCC3(C)C)CC1/C=C/C(C)=C/C(=O)O. The Morgan fingerprint density at radius 2 is 1.97 bits per heavy atom. The number of hydrogen-bond acceptors (Lipinski definition) is 1. The maximum absolute atomic E-state index is 10.9. The Morgan fingerprint density at radius 3 is 2.57 bits per heavy atom. The first kappa shape index (κ1) is 22.6. The highest BCUT2D eigenvalue weighted by atomic mass is 16.4. The summed E-state index contributed by atoms with van der Waals surface area (Å²) in [6, 6.07) is 7.24. The number of allylic oxidation sites excluding steroid dienone is 5. The van der Waals surface area contributed by atoms with Gasteiger partial charge < -0.3 is 5.11 Å². The number of aliphatic carboxylic acids is 1. The van der Waals surface area contributed by atoms with Gasteiger partial charge in [-0.25, -0.2) is 4.79 Å². The normalized spacial score (nSPS) is 25.8. The quantitative estimate of drug-likeness (QED) is 0.393. The lowest BCUT2D eigenvalue weighted by Crippen LogP contribution is -2.25. The number of benzene rings is 1. The van der Waals surface area contributed by atoms with Crippen molar-refractivity contribution in [1.29, 1.82) is 0 Å². The van der Waals surface area contributed by atoms with E-state index in [0.29, 0.717) is 5.92 Å². The monoisotopic (exact) mass is 406 g/mol. The summed E-state index contributed by atoms with van der Waals surface area (Å²) in [7, 11) is 0. The molecule has 0 radical (unpaired) electrons. The molecular weight excluding hydrogens is 368 g/mol. The largest absolute Gasteiger partial charge is 0.478 e. The van der Waals surface area contributed by atoms with Gasteiger partial charge in [0.2, 0.25) is 0 Å². The third kappa shape index (κ3) is 4.33. The van der Waals surface area contributed by atoms with Gasteiger partial charge in [-0.3, -0.25) is 0 Å². The fraction of sp³-hybridized carbons (Fsp3) is 0.536. The molecule has 0 aliphatic heterocycles. The molecule has 0 amide bonds. The molecule has 1 fully saturated rings. The third-order valence-corrected chi connectivity index (χ3v) is 7.01. The molecule has 0 bridgehead atoms. The van der Waals surface area contributed by atoms with Gasteiger partial charge in [-0.05, 0) is 70.8 Å². The van der Waals surface area contributed by atoms with E-state index >= 15 is 0 Å². The van der Waals surface area contributed by atoms with E-state index in [9.17, 15) is 4.79 Å². The Hall–Kier alpha value is -2.09. The van der Waals surface area contributed by atoms with E-state index in [4.69, 9.17) is 5.11 Å². The highest BCUT2D eigenvalue weighted by molar-refractivity contribution is 5.81. The van der Waals surface area contributed by atoms with E-state index < -0.39 is 5.97 Å². The second kappa shape index (κ2) is 7.87. The lowest BCUT2D eigenvalue weighted by atomic mass is 9.67. The number of carbonyl (C=O) groups is 1. The standard InChI is InChI=1S/C28H38O2/c1-8-14-28(18-21(28)10-9-19(2)16-25(29)30)20-11-12-24-22(17-20)23(26(3,4)5)13-15-27(24,6)7/h9-13,16-17,21H,8,14-15,18H2,1-7H3,(H,29,30)/b10-9+,19-16+. The molecule has 3 rings (SSSR count). The molecule has 2 unspecified atom stereocenters. The van der Waals surface area contributed by atoms with Crippen LogP contribution in [0, 0.1) is 11.3 Å². The van der Waals surface area contributed by atoms with Crippen molar-refractivity contribution in [3.05, 3.63) is 64.8 Å². The fourth-order valence-electron chi connectivity index (χ4n) is 5.26. The van der Waals surface area contributed by atoms with Gasteiger partial charge in [0, 0.05) is 11.5 Å². The second-order valence-corrected chi connectivity index (χ2v) is 11.0. The predicted octanol–water partition coefficient (Wildman–Crippen LogP) is 7.44. The third-order valence-electron chi connectivity index (χ3n) is 7.01. The summed E-state index contributed by atoms with van der Waals surface area (Å²) in [6.07, 6.45) is 12.5. The zero-order valence-electron chi connectivity index (χ0n) is 19.8. The summed E-state index contributed by atoms with van der Waals surface area (Å²) < 4.78 is 0. The minimum atomic E-state index is -0.883. The number of carboxylic acids is 1. The summed E-state index contributed by atoms with van der Waals surface area (Å²) >= 11 is 0. The van der Waals surface area contributed by atoms with Crippen LogP contribution in [0.4, 0.5) is 0 Å². The number of carboxylic acid groups (broad SMARTS) is 1. The first-order valence-electron chi connectivity index (χ1n) is 11.4. The smallest absolute Gasteiger partial charge is 0.328 e. The minimum absolute atomic E-state index is 0.128. The molecule has 1 aromatic rings. The summed E-state index contributed by atoms with van der Waals surface area (Å²) in [4.78, 5) is 10.9. The average Bonchev–Trinajstić information content (AvgIpc) is 3.32. The molecule has 2 atom stereocenters. The number of fused-ring (bicyclic) bond motifs is 1.